The fraction of sp³-hybridized carbons (Fsp3) is 0.211. The lowest BCUT2D eigenvalue weighted by molar-refractivity contribution is 0.0622. The van der Waals surface area contributed by atoms with E-state index < -0.39 is 0 Å². The molecule has 0 aliphatic carbocycles. The van der Waals surface area contributed by atoms with Crippen molar-refractivity contribution in [2.24, 2.45) is 0 Å². The number of H-pyrrole nitrogens is 4. The Kier molecular flexibility index (Phi) is 28.2. The van der Waals surface area contributed by atoms with Gasteiger partial charge >= 0.3 is 0 Å². The zero-order valence-corrected chi connectivity index (χ0v) is 78.1. The van der Waals surface area contributed by atoms with Crippen LogP contribution >= 0.6 is 0 Å². The van der Waals surface area contributed by atoms with Gasteiger partial charge in [-0.1, -0.05) is 49.4 Å². The monoisotopic (exact) mass is 1870 g/mol. The predicted molar refractivity (Wildman–Crippen MR) is 552 cm³/mol. The number of hydrogen-bond donors (Lipinski definition) is 8. The molecule has 4 aliphatic rings. The fourth-order valence-corrected chi connectivity index (χ4v) is 18.4. The van der Waals surface area contributed by atoms with Crippen LogP contribution in [0.4, 0.5) is 61.3 Å². The summed E-state index contributed by atoms with van der Waals surface area (Å²) in [7, 11) is 0. The maximum Gasteiger partial charge on any atom is 0.253 e. The van der Waals surface area contributed by atoms with E-state index in [1.54, 1.807) is 86.0 Å². The number of carbonyl (C=O) groups is 2. The van der Waals surface area contributed by atoms with Gasteiger partial charge in [0.2, 0.25) is 22.2 Å². The Morgan fingerprint density at radius 2 is 0.636 bits per heavy atom. The van der Waals surface area contributed by atoms with Crippen LogP contribution in [-0.2, 0) is 13.1 Å². The summed E-state index contributed by atoms with van der Waals surface area (Å²) in [6.07, 6.45) is 21.2. The van der Waals surface area contributed by atoms with E-state index in [0.29, 0.717) is 30.3 Å². The smallest absolute Gasteiger partial charge is 0.253 e. The summed E-state index contributed by atoms with van der Waals surface area (Å²) in [5.41, 5.74) is 22.9. The van der Waals surface area contributed by atoms with E-state index in [4.69, 9.17) is 0 Å². The maximum atomic E-state index is 13.2. The van der Waals surface area contributed by atoms with Crippen molar-refractivity contribution in [3.8, 4) is 45.0 Å². The zero-order chi connectivity index (χ0) is 96.0. The minimum absolute atomic E-state index is 0.0147. The highest BCUT2D eigenvalue weighted by atomic mass is 19.1. The number of imidazole rings is 4. The molecular formula is C109H109FN24O6. The molecule has 0 radical (unpaired) electrons. The summed E-state index contributed by atoms with van der Waals surface area (Å²) in [4.78, 5) is 120. The van der Waals surface area contributed by atoms with E-state index in [9.17, 15) is 33.2 Å². The predicted octanol–water partition coefficient (Wildman–Crippen LogP) is 16.5. The van der Waals surface area contributed by atoms with Gasteiger partial charge in [-0.3, -0.25) is 61.1 Å². The van der Waals surface area contributed by atoms with Gasteiger partial charge in [-0.25, -0.2) is 24.3 Å². The lowest BCUT2D eigenvalue weighted by atomic mass is 10.1. The standard InChI is InChI=1S/C30H27FN6O2.C30H28N6O2.C25H28N6O.C24H26N6O/c31-24-5-1-21(2-6-24)20-35-15-17-36(18-16-35)30(39)22-3-7-25(8-4-22)34-26-9-10-27(37-14-13-33-29(26)37)23-11-12-32-28(38)19-23;37-28-20-24(12-13-31-28)27-11-10-26(29-32-14-15-36(27)29)33-25-8-6-23(7-9-25)30(38)35-18-16-34(17-19-35)21-22-4-2-1-3-5-22;1-18(2)29-13-15-30(16-14-29)21-5-3-20(4-6-21)28-22-7-8-23(31-12-11-27-25(22)31)19-9-10-26-24(32)17-19;1-2-28-13-15-29(16-14-28)20-5-3-19(4-6-20)27-21-7-8-22(30-12-11-26-24(21)30)18-9-10-25-23(31)17-18/h1-14,19,34H,15-18,20H2,(H,32,38);1-15,20,33H,16-19,21H2,(H,31,37);3-12,17-18,28H,13-16H2,1-2H3,(H,26,32);3-12,17,27H,2,13-16H2,1H3,(H,25,31). The third kappa shape index (κ3) is 21.9. The summed E-state index contributed by atoms with van der Waals surface area (Å²) in [5.74, 6) is -0.153. The van der Waals surface area contributed by atoms with Gasteiger partial charge in [0.15, 0.2) is 22.6 Å². The molecule has 31 heteroatoms. The Balaban J connectivity index is 0.000000119. The zero-order valence-electron chi connectivity index (χ0n) is 78.1. The van der Waals surface area contributed by atoms with Gasteiger partial charge in [-0.15, -0.1) is 0 Å². The number of aromatic amines is 4. The number of aromatic nitrogens is 12. The van der Waals surface area contributed by atoms with E-state index in [-0.39, 0.29) is 39.9 Å². The van der Waals surface area contributed by atoms with Crippen LogP contribution in [0.25, 0.3) is 67.6 Å². The quantitative estimate of drug-likeness (QED) is 0.0313. The summed E-state index contributed by atoms with van der Waals surface area (Å²) in [5, 5.41) is 13.8. The normalized spacial score (nSPS) is 14.4. The number of fused-ring (bicyclic) bond motifs is 4. The molecule has 708 valence electrons. The SMILES string of the molecule is CC(C)N1CCN(c2ccc(Nc3ccc(-c4cc[nH]c(=O)c4)n4ccnc34)cc2)CC1.CCN1CCN(c2ccc(Nc3ccc(-c4cc[nH]c(=O)c4)n4ccnc34)cc2)CC1.O=C(c1ccc(Nc2ccc(-c3cc[nH]c(=O)c3)n3ccnc23)cc1)N1CCN(Cc2ccc(F)cc2)CC1.O=C(c1ccc(Nc2ccc(-c3cc[nH]c(=O)c3)n3ccnc23)cc1)N1CCN(Cc2ccccc2)CC1. The number of carbonyl (C=O) groups excluding carboxylic acids is 2. The summed E-state index contributed by atoms with van der Waals surface area (Å²) in [6, 6.07) is 79.5. The molecule has 16 heterocycles. The van der Waals surface area contributed by atoms with Crippen molar-refractivity contribution in [3.63, 3.8) is 0 Å². The third-order valence-corrected chi connectivity index (χ3v) is 26.1. The van der Waals surface area contributed by atoms with Crippen molar-refractivity contribution in [1.29, 1.82) is 0 Å². The molecule has 18 aromatic rings. The number of amides is 2. The minimum Gasteiger partial charge on any atom is -0.369 e. The lowest BCUT2D eigenvalue weighted by Crippen LogP contribution is -2.48. The van der Waals surface area contributed by atoms with Gasteiger partial charge in [0.25, 0.3) is 11.8 Å². The molecule has 0 bridgehead atoms. The van der Waals surface area contributed by atoms with Crippen molar-refractivity contribution >= 4 is 91.3 Å². The van der Waals surface area contributed by atoms with E-state index in [0.717, 1.165) is 230 Å². The van der Waals surface area contributed by atoms with Crippen LogP contribution in [0.2, 0.25) is 0 Å². The molecule has 0 unspecified atom stereocenters. The first-order valence-corrected chi connectivity index (χ1v) is 47.3. The molecule has 8 N–H and O–H groups in total. The van der Waals surface area contributed by atoms with Gasteiger partial charge in [0.05, 0.1) is 45.5 Å². The summed E-state index contributed by atoms with van der Waals surface area (Å²) >= 11 is 0. The topological polar surface area (TPSA) is 309 Å². The number of piperazine rings is 4. The Labute approximate surface area is 807 Å². The molecule has 0 atom stereocenters. The van der Waals surface area contributed by atoms with Crippen LogP contribution in [0.15, 0.2) is 342 Å². The second kappa shape index (κ2) is 42.8. The molecule has 22 rings (SSSR count). The van der Waals surface area contributed by atoms with E-state index in [1.165, 1.54) is 29.1 Å². The molecule has 4 aliphatic heterocycles. The first kappa shape index (κ1) is 92.5. The first-order chi connectivity index (χ1) is 68.5. The van der Waals surface area contributed by atoms with Crippen molar-refractivity contribution in [2.75, 3.05) is 142 Å². The van der Waals surface area contributed by atoms with Gasteiger partial charge in [0.1, 0.15) is 5.82 Å². The van der Waals surface area contributed by atoms with Gasteiger partial charge < -0.3 is 65.7 Å². The lowest BCUT2D eigenvalue weighted by Gasteiger charge is -2.38. The van der Waals surface area contributed by atoms with Crippen molar-refractivity contribution in [2.45, 2.75) is 39.9 Å². The molecule has 30 nitrogen and oxygen atoms in total. The van der Waals surface area contributed by atoms with Gasteiger partial charge in [-0.2, -0.15) is 0 Å². The number of rotatable bonds is 22. The Morgan fingerprint density at radius 1 is 0.336 bits per heavy atom. The number of hydrogen-bond acceptors (Lipinski definition) is 20. The van der Waals surface area contributed by atoms with Crippen molar-refractivity contribution in [3.05, 3.63) is 393 Å². The Bertz CT molecular complexity index is 7570. The molecule has 6 aromatic carbocycles. The summed E-state index contributed by atoms with van der Waals surface area (Å²) in [6.45, 7) is 24.3. The third-order valence-electron chi connectivity index (χ3n) is 26.1. The number of pyridine rings is 8. The second-order valence-corrected chi connectivity index (χ2v) is 35.3. The fourth-order valence-electron chi connectivity index (χ4n) is 18.4. The van der Waals surface area contributed by atoms with Crippen LogP contribution in [0.3, 0.4) is 0 Å². The number of nitrogens with zero attached hydrogens (tertiary/aromatic N) is 16. The van der Waals surface area contributed by atoms with Crippen LogP contribution in [0.1, 0.15) is 52.6 Å². The van der Waals surface area contributed by atoms with E-state index in [2.05, 4.69) is 184 Å². The van der Waals surface area contributed by atoms with Crippen LogP contribution < -0.4 is 53.3 Å². The number of anilines is 10. The van der Waals surface area contributed by atoms with Gasteiger partial charge in [0, 0.05) is 290 Å². The average Bonchev–Trinajstić information content (AvgIpc) is 1.60. The van der Waals surface area contributed by atoms with Crippen LogP contribution in [-0.4, -0.2) is 216 Å². The Morgan fingerprint density at radius 3 is 0.943 bits per heavy atom. The van der Waals surface area contributed by atoms with Gasteiger partial charge in [-0.05, 0) is 214 Å². The van der Waals surface area contributed by atoms with E-state index >= 15 is 0 Å². The van der Waals surface area contributed by atoms with Crippen LogP contribution in [0, 0.1) is 5.82 Å². The van der Waals surface area contributed by atoms with Crippen molar-refractivity contribution < 1.29 is 14.0 Å². The average molecular weight is 1870 g/mol. The number of benzene rings is 6. The highest BCUT2D eigenvalue weighted by Crippen LogP contribution is 2.35. The summed E-state index contributed by atoms with van der Waals surface area (Å²) < 4.78 is 21.0. The minimum atomic E-state index is -0.231. The largest absolute Gasteiger partial charge is 0.369 e. The molecule has 0 saturated carbocycles. The Hall–Kier alpha value is -16.6. The first-order valence-electron chi connectivity index (χ1n) is 47.3. The molecule has 4 saturated heterocycles. The number of nitrogens with one attached hydrogen (secondary N) is 8. The molecule has 2 amide bonds. The number of halogens is 1. The molecular weight excluding hydrogens is 1760 g/mol. The second-order valence-electron chi connectivity index (χ2n) is 35.3. The van der Waals surface area contributed by atoms with Crippen LogP contribution in [0.5, 0.6) is 0 Å². The van der Waals surface area contributed by atoms with E-state index in [1.807, 2.05) is 180 Å². The van der Waals surface area contributed by atoms with Crippen molar-refractivity contribution in [1.82, 2.24) is 86.9 Å². The molecule has 12 aromatic heterocycles. The molecule has 0 spiro atoms. The molecule has 4 fully saturated rings. The molecule has 140 heavy (non-hydrogen) atoms. The number of likely N-dealkylation sites (N-methyl/N-ethyl adjacent to an activating group) is 1. The highest BCUT2D eigenvalue weighted by molar-refractivity contribution is 5.96. The highest BCUT2D eigenvalue weighted by Gasteiger charge is 2.27. The maximum absolute atomic E-state index is 13.2.